The summed E-state index contributed by atoms with van der Waals surface area (Å²) < 4.78 is 0. The number of aliphatic hydroxyl groups is 2. The summed E-state index contributed by atoms with van der Waals surface area (Å²) in [4.78, 5) is 0. The highest BCUT2D eigenvalue weighted by Gasteiger charge is 2.58. The number of hydrogen-bond acceptors (Lipinski definition) is 2. The van der Waals surface area contributed by atoms with Crippen molar-refractivity contribution < 1.29 is 10.2 Å². The largest absolute Gasteiger partial charge is 0.390 e. The molecule has 2 heteroatoms. The van der Waals surface area contributed by atoms with E-state index in [1.807, 2.05) is 6.08 Å². The Morgan fingerprint density at radius 3 is 2.55 bits per heavy atom. The van der Waals surface area contributed by atoms with Crippen molar-refractivity contribution in [1.82, 2.24) is 0 Å². The van der Waals surface area contributed by atoms with Crippen molar-refractivity contribution in [1.29, 1.82) is 0 Å². The molecule has 0 aromatic rings. The fourth-order valence-electron chi connectivity index (χ4n) is 5.14. The van der Waals surface area contributed by atoms with Gasteiger partial charge in [-0.1, -0.05) is 57.2 Å². The van der Waals surface area contributed by atoms with Gasteiger partial charge in [0.25, 0.3) is 0 Å². The predicted octanol–water partition coefficient (Wildman–Crippen LogP) is 4.25. The molecule has 0 spiro atoms. The maximum absolute atomic E-state index is 10.5. The third kappa shape index (κ3) is 2.72. The van der Waals surface area contributed by atoms with Crippen molar-refractivity contribution in [3.8, 4) is 0 Å². The van der Waals surface area contributed by atoms with Crippen LogP contribution in [0, 0.1) is 22.7 Å². The third-order valence-corrected chi connectivity index (χ3v) is 6.51. The Bertz CT molecular complexity index is 488. The quantitative estimate of drug-likeness (QED) is 0.604. The molecule has 0 aromatic carbocycles. The second-order valence-electron chi connectivity index (χ2n) is 8.23. The summed E-state index contributed by atoms with van der Waals surface area (Å²) in [5.74, 6) is 0.772. The number of hydrogen-bond donors (Lipinski definition) is 2. The van der Waals surface area contributed by atoms with E-state index in [1.54, 1.807) is 0 Å². The lowest BCUT2D eigenvalue weighted by molar-refractivity contribution is -0.179. The lowest BCUT2D eigenvalue weighted by atomic mass is 9.46. The zero-order valence-corrected chi connectivity index (χ0v) is 14.6. The molecule has 5 atom stereocenters. The topological polar surface area (TPSA) is 40.5 Å². The van der Waals surface area contributed by atoms with Gasteiger partial charge in [-0.05, 0) is 55.3 Å². The van der Waals surface area contributed by atoms with Crippen molar-refractivity contribution in [3.63, 3.8) is 0 Å². The second-order valence-corrected chi connectivity index (χ2v) is 8.23. The first kappa shape index (κ1) is 17.5. The molecule has 2 N–H and O–H groups in total. The summed E-state index contributed by atoms with van der Waals surface area (Å²) in [5.41, 5.74) is 2.22. The second kappa shape index (κ2) is 5.98. The van der Waals surface area contributed by atoms with E-state index in [0.29, 0.717) is 18.3 Å². The molecule has 5 unspecified atom stereocenters. The molecule has 0 radical (unpaired) electrons. The molecule has 0 bridgehead atoms. The zero-order valence-electron chi connectivity index (χ0n) is 14.6. The highest BCUT2D eigenvalue weighted by Crippen LogP contribution is 2.61. The van der Waals surface area contributed by atoms with Crippen LogP contribution in [0.25, 0.3) is 0 Å². The van der Waals surface area contributed by atoms with Crippen molar-refractivity contribution in [2.75, 3.05) is 0 Å². The minimum atomic E-state index is -0.644. The lowest BCUT2D eigenvalue weighted by Crippen LogP contribution is -2.60. The van der Waals surface area contributed by atoms with Crippen molar-refractivity contribution in [2.45, 2.75) is 65.6 Å². The maximum atomic E-state index is 10.5. The van der Waals surface area contributed by atoms with Crippen LogP contribution in [0.3, 0.4) is 0 Å². The molecule has 0 aromatic heterocycles. The molecule has 2 aliphatic rings. The van der Waals surface area contributed by atoms with Gasteiger partial charge in [0.15, 0.2) is 0 Å². The van der Waals surface area contributed by atoms with E-state index in [1.165, 1.54) is 11.1 Å². The number of allylic oxidation sites excluding steroid dienone is 4. The molecule has 2 saturated carbocycles. The van der Waals surface area contributed by atoms with Gasteiger partial charge in [-0.15, -0.1) is 0 Å². The van der Waals surface area contributed by atoms with E-state index < -0.39 is 12.2 Å². The van der Waals surface area contributed by atoms with Crippen LogP contribution >= 0.6 is 0 Å². The van der Waals surface area contributed by atoms with E-state index in [2.05, 4.69) is 46.9 Å². The Labute approximate surface area is 135 Å². The molecule has 2 aliphatic carbocycles. The average molecular weight is 304 g/mol. The highest BCUT2D eigenvalue weighted by molar-refractivity contribution is 5.21. The van der Waals surface area contributed by atoms with Crippen LogP contribution in [-0.4, -0.2) is 22.4 Å². The first-order valence-corrected chi connectivity index (χ1v) is 8.47. The van der Waals surface area contributed by atoms with Gasteiger partial charge in [-0.25, -0.2) is 0 Å². The first-order chi connectivity index (χ1) is 10.1. The van der Waals surface area contributed by atoms with Crippen LogP contribution in [0.2, 0.25) is 0 Å². The van der Waals surface area contributed by atoms with Gasteiger partial charge in [0.05, 0.1) is 12.2 Å². The fourth-order valence-corrected chi connectivity index (χ4v) is 5.14. The molecule has 2 nitrogen and oxygen atoms in total. The Hall–Kier alpha value is -0.860. The van der Waals surface area contributed by atoms with Crippen LogP contribution in [-0.2, 0) is 0 Å². The molecular formula is C20H32O2. The van der Waals surface area contributed by atoms with Crippen LogP contribution in [0.15, 0.2) is 36.5 Å². The SMILES string of the molecule is C=C/C(C)=C/CC1C(=C)CCC2C(C)(C)C(O)C(O)CC12C. The van der Waals surface area contributed by atoms with Crippen molar-refractivity contribution in [2.24, 2.45) is 22.7 Å². The van der Waals surface area contributed by atoms with Gasteiger partial charge in [-0.2, -0.15) is 0 Å². The van der Waals surface area contributed by atoms with Gasteiger partial charge in [0, 0.05) is 0 Å². The molecule has 0 aliphatic heterocycles. The van der Waals surface area contributed by atoms with Crippen LogP contribution < -0.4 is 0 Å². The first-order valence-electron chi connectivity index (χ1n) is 8.47. The third-order valence-electron chi connectivity index (χ3n) is 6.51. The highest BCUT2D eigenvalue weighted by atomic mass is 16.3. The summed E-state index contributed by atoms with van der Waals surface area (Å²) in [6, 6.07) is 0. The Kier molecular flexibility index (Phi) is 4.75. The fraction of sp³-hybridized carbons (Fsp3) is 0.700. The van der Waals surface area contributed by atoms with Crippen molar-refractivity contribution in [3.05, 3.63) is 36.5 Å². The summed E-state index contributed by atoms with van der Waals surface area (Å²) >= 11 is 0. The summed E-state index contributed by atoms with van der Waals surface area (Å²) in [6.45, 7) is 16.7. The number of rotatable bonds is 3. The smallest absolute Gasteiger partial charge is 0.0852 e. The number of aliphatic hydroxyl groups excluding tert-OH is 2. The molecule has 0 amide bonds. The predicted molar refractivity (Wildman–Crippen MR) is 92.4 cm³/mol. The van der Waals surface area contributed by atoms with Crippen LogP contribution in [0.1, 0.15) is 53.4 Å². The molecule has 22 heavy (non-hydrogen) atoms. The Morgan fingerprint density at radius 2 is 1.95 bits per heavy atom. The number of fused-ring (bicyclic) bond motifs is 1. The van der Waals surface area contributed by atoms with E-state index in [0.717, 1.165) is 19.3 Å². The van der Waals surface area contributed by atoms with Gasteiger partial charge in [0.2, 0.25) is 0 Å². The van der Waals surface area contributed by atoms with E-state index in [-0.39, 0.29) is 10.8 Å². The van der Waals surface area contributed by atoms with E-state index >= 15 is 0 Å². The van der Waals surface area contributed by atoms with Gasteiger partial charge >= 0.3 is 0 Å². The Balaban J connectivity index is 2.37. The maximum Gasteiger partial charge on any atom is 0.0852 e. The molecule has 2 rings (SSSR count). The molecule has 2 fully saturated rings. The van der Waals surface area contributed by atoms with Crippen LogP contribution in [0.4, 0.5) is 0 Å². The minimum Gasteiger partial charge on any atom is -0.390 e. The summed E-state index contributed by atoms with van der Waals surface area (Å²) in [7, 11) is 0. The standard InChI is InChI=1S/C20H32O2/c1-7-13(2)8-10-15-14(3)9-11-17-19(4,5)18(22)16(21)12-20(15,17)6/h7-8,15-18,21-22H,1,3,9-12H2,2,4-6H3/b13-8+. The van der Waals surface area contributed by atoms with Crippen molar-refractivity contribution >= 4 is 0 Å². The summed E-state index contributed by atoms with van der Waals surface area (Å²) in [6.07, 6.45) is 6.54. The normalized spacial score (nSPS) is 41.9. The summed E-state index contributed by atoms with van der Waals surface area (Å²) in [5, 5.41) is 20.9. The van der Waals surface area contributed by atoms with E-state index in [4.69, 9.17) is 0 Å². The van der Waals surface area contributed by atoms with Gasteiger partial charge < -0.3 is 10.2 Å². The van der Waals surface area contributed by atoms with Crippen LogP contribution in [0.5, 0.6) is 0 Å². The lowest BCUT2D eigenvalue weighted by Gasteiger charge is -2.60. The molecule has 0 heterocycles. The van der Waals surface area contributed by atoms with Gasteiger partial charge in [-0.3, -0.25) is 0 Å². The van der Waals surface area contributed by atoms with E-state index in [9.17, 15) is 10.2 Å². The van der Waals surface area contributed by atoms with Gasteiger partial charge in [0.1, 0.15) is 0 Å². The zero-order chi connectivity index (χ0) is 16.7. The minimum absolute atomic E-state index is 0.00453. The average Bonchev–Trinajstić information content (AvgIpc) is 2.43. The molecule has 124 valence electrons. The Morgan fingerprint density at radius 1 is 1.32 bits per heavy atom. The molecule has 0 saturated heterocycles. The molecular weight excluding hydrogens is 272 g/mol. The monoisotopic (exact) mass is 304 g/mol.